The molecule has 1 aliphatic rings. The summed E-state index contributed by atoms with van der Waals surface area (Å²) in [5.74, 6) is 0.955. The summed E-state index contributed by atoms with van der Waals surface area (Å²) in [5.41, 5.74) is 7.42. The molecule has 158 valence electrons. The molecule has 1 aromatic heterocycles. The van der Waals surface area contributed by atoms with Crippen LogP contribution in [-0.2, 0) is 0 Å². The molecule has 0 spiro atoms. The molecule has 4 aromatic rings. The maximum atomic E-state index is 12.8. The van der Waals surface area contributed by atoms with Crippen LogP contribution in [0, 0.1) is 6.92 Å². The quantitative estimate of drug-likeness (QED) is 0.382. The second kappa shape index (κ2) is 8.39. The van der Waals surface area contributed by atoms with Crippen molar-refractivity contribution in [1.29, 1.82) is 0 Å². The Hall–Kier alpha value is -4.39. The van der Waals surface area contributed by atoms with Crippen molar-refractivity contribution in [1.82, 2.24) is 15.2 Å². The van der Waals surface area contributed by atoms with Crippen LogP contribution in [-0.4, -0.2) is 28.7 Å². The van der Waals surface area contributed by atoms with Gasteiger partial charge in [0.2, 0.25) is 6.79 Å². The molecule has 5 rings (SSSR count). The minimum absolute atomic E-state index is 0.208. The predicted octanol–water partition coefficient (Wildman–Crippen LogP) is 4.34. The molecule has 0 atom stereocenters. The van der Waals surface area contributed by atoms with Gasteiger partial charge in [-0.15, -0.1) is 0 Å². The Morgan fingerprint density at radius 1 is 1.00 bits per heavy atom. The maximum absolute atomic E-state index is 12.8. The first kappa shape index (κ1) is 19.6. The lowest BCUT2D eigenvalue weighted by atomic mass is 10.1. The largest absolute Gasteiger partial charge is 0.454 e. The number of nitrogens with one attached hydrogen (secondary N) is 1. The van der Waals surface area contributed by atoms with Gasteiger partial charge in [-0.2, -0.15) is 10.2 Å². The van der Waals surface area contributed by atoms with Crippen molar-refractivity contribution in [2.75, 3.05) is 6.79 Å². The van der Waals surface area contributed by atoms with E-state index < -0.39 is 5.91 Å². The van der Waals surface area contributed by atoms with E-state index in [9.17, 15) is 4.79 Å². The summed E-state index contributed by atoms with van der Waals surface area (Å²) >= 11 is 0. The van der Waals surface area contributed by atoms with Crippen molar-refractivity contribution in [3.63, 3.8) is 0 Å². The third kappa shape index (κ3) is 3.96. The second-order valence-electron chi connectivity index (χ2n) is 7.34. The van der Waals surface area contributed by atoms with Crippen molar-refractivity contribution < 1.29 is 14.3 Å². The highest BCUT2D eigenvalue weighted by molar-refractivity contribution is 5.94. The van der Waals surface area contributed by atoms with Crippen LogP contribution in [0.1, 0.15) is 21.6 Å². The maximum Gasteiger partial charge on any atom is 0.291 e. The highest BCUT2D eigenvalue weighted by Gasteiger charge is 2.17. The monoisotopic (exact) mass is 424 g/mol. The third-order valence-corrected chi connectivity index (χ3v) is 5.07. The first-order valence-electron chi connectivity index (χ1n) is 10.1. The molecule has 7 heteroatoms. The highest BCUT2D eigenvalue weighted by Crippen LogP contribution is 2.32. The second-order valence-corrected chi connectivity index (χ2v) is 7.34. The van der Waals surface area contributed by atoms with Crippen LogP contribution >= 0.6 is 0 Å². The van der Waals surface area contributed by atoms with E-state index in [0.29, 0.717) is 11.5 Å². The fraction of sp³-hybridized carbons (Fsp3) is 0.0800. The summed E-state index contributed by atoms with van der Waals surface area (Å²) in [7, 11) is 0. The number of aryl methyl sites for hydroxylation is 1. The normalized spacial score (nSPS) is 12.3. The van der Waals surface area contributed by atoms with Gasteiger partial charge in [0.15, 0.2) is 17.2 Å². The highest BCUT2D eigenvalue weighted by atomic mass is 16.7. The van der Waals surface area contributed by atoms with Crippen LogP contribution in [0.15, 0.2) is 84.0 Å². The van der Waals surface area contributed by atoms with Gasteiger partial charge < -0.3 is 9.47 Å². The van der Waals surface area contributed by atoms with Gasteiger partial charge in [0, 0.05) is 5.56 Å². The SMILES string of the molecule is Cc1ccc(-c2cc(C(=O)N/N=C\c3ccc4c(c3)OCO4)nn2-c2ccccc2)cc1. The number of hydrazone groups is 1. The minimum atomic E-state index is -0.398. The van der Waals surface area contributed by atoms with Crippen LogP contribution in [0.4, 0.5) is 0 Å². The van der Waals surface area contributed by atoms with Gasteiger partial charge >= 0.3 is 0 Å². The molecule has 7 nitrogen and oxygen atoms in total. The number of hydrogen-bond acceptors (Lipinski definition) is 5. The Morgan fingerprint density at radius 2 is 1.78 bits per heavy atom. The molecular weight excluding hydrogens is 404 g/mol. The fourth-order valence-electron chi connectivity index (χ4n) is 3.40. The van der Waals surface area contributed by atoms with E-state index in [2.05, 4.69) is 15.6 Å². The molecule has 32 heavy (non-hydrogen) atoms. The molecule has 1 N–H and O–H groups in total. The molecule has 2 heterocycles. The Morgan fingerprint density at radius 3 is 2.59 bits per heavy atom. The molecule has 0 fully saturated rings. The molecule has 1 amide bonds. The lowest BCUT2D eigenvalue weighted by molar-refractivity contribution is 0.0949. The van der Waals surface area contributed by atoms with Gasteiger partial charge in [-0.3, -0.25) is 4.79 Å². The van der Waals surface area contributed by atoms with Crippen LogP contribution in [0.3, 0.4) is 0 Å². The molecule has 0 aliphatic carbocycles. The van der Waals surface area contributed by atoms with Crippen molar-refractivity contribution in [2.24, 2.45) is 5.10 Å². The fourth-order valence-corrected chi connectivity index (χ4v) is 3.40. The summed E-state index contributed by atoms with van der Waals surface area (Å²) in [6, 6.07) is 25.0. The number of ether oxygens (including phenoxy) is 2. The van der Waals surface area contributed by atoms with Crippen molar-refractivity contribution >= 4 is 12.1 Å². The van der Waals surface area contributed by atoms with E-state index in [-0.39, 0.29) is 12.5 Å². The minimum Gasteiger partial charge on any atom is -0.454 e. The molecule has 3 aromatic carbocycles. The summed E-state index contributed by atoms with van der Waals surface area (Å²) in [5, 5.41) is 8.62. The first-order chi connectivity index (χ1) is 15.7. The average Bonchev–Trinajstić information content (AvgIpc) is 3.47. The van der Waals surface area contributed by atoms with Gasteiger partial charge in [0.1, 0.15) is 0 Å². The number of carbonyl (C=O) groups excluding carboxylic acids is 1. The molecule has 0 radical (unpaired) electrons. The summed E-state index contributed by atoms with van der Waals surface area (Å²) in [6.07, 6.45) is 1.55. The van der Waals surface area contributed by atoms with Crippen LogP contribution in [0.25, 0.3) is 16.9 Å². The van der Waals surface area contributed by atoms with Crippen molar-refractivity contribution in [2.45, 2.75) is 6.92 Å². The summed E-state index contributed by atoms with van der Waals surface area (Å²) < 4.78 is 12.4. The van der Waals surface area contributed by atoms with E-state index >= 15 is 0 Å². The van der Waals surface area contributed by atoms with Gasteiger partial charge in [-0.05, 0) is 48.9 Å². The van der Waals surface area contributed by atoms with Gasteiger partial charge in [-0.1, -0.05) is 48.0 Å². The Kier molecular flexibility index (Phi) is 5.13. The van der Waals surface area contributed by atoms with E-state index in [0.717, 1.165) is 28.1 Å². The van der Waals surface area contributed by atoms with Gasteiger partial charge in [0.25, 0.3) is 5.91 Å². The molecule has 0 saturated heterocycles. The van der Waals surface area contributed by atoms with E-state index in [1.165, 1.54) is 0 Å². The summed E-state index contributed by atoms with van der Waals surface area (Å²) in [4.78, 5) is 12.8. The number of aromatic nitrogens is 2. The third-order valence-electron chi connectivity index (χ3n) is 5.07. The number of nitrogens with zero attached hydrogens (tertiary/aromatic N) is 3. The first-order valence-corrected chi connectivity index (χ1v) is 10.1. The Bertz CT molecular complexity index is 1290. The zero-order chi connectivity index (χ0) is 21.9. The number of carbonyl (C=O) groups is 1. The topological polar surface area (TPSA) is 77.7 Å². The standard InChI is InChI=1S/C25H20N4O3/c1-17-7-10-19(11-8-17)22-14-21(28-29(22)20-5-3-2-4-6-20)25(30)27-26-15-18-9-12-23-24(13-18)32-16-31-23/h2-15H,16H2,1H3,(H,27,30)/b26-15-. The lowest BCUT2D eigenvalue weighted by Crippen LogP contribution is -2.18. The number of benzene rings is 3. The zero-order valence-corrected chi connectivity index (χ0v) is 17.4. The molecule has 0 bridgehead atoms. The Labute approximate surface area is 184 Å². The molecule has 0 unspecified atom stereocenters. The Balaban J connectivity index is 1.40. The van der Waals surface area contributed by atoms with E-state index in [4.69, 9.17) is 9.47 Å². The van der Waals surface area contributed by atoms with E-state index in [1.54, 1.807) is 29.1 Å². The van der Waals surface area contributed by atoms with Crippen molar-refractivity contribution in [3.8, 4) is 28.4 Å². The van der Waals surface area contributed by atoms with Gasteiger partial charge in [0.05, 0.1) is 17.6 Å². The van der Waals surface area contributed by atoms with E-state index in [1.807, 2.05) is 67.6 Å². The van der Waals surface area contributed by atoms with Crippen LogP contribution in [0.5, 0.6) is 11.5 Å². The van der Waals surface area contributed by atoms with Crippen LogP contribution < -0.4 is 14.9 Å². The van der Waals surface area contributed by atoms with Crippen LogP contribution in [0.2, 0.25) is 0 Å². The number of amides is 1. The number of fused-ring (bicyclic) bond motifs is 1. The number of rotatable bonds is 5. The molecular formula is C25H20N4O3. The average molecular weight is 424 g/mol. The van der Waals surface area contributed by atoms with Gasteiger partial charge in [-0.25, -0.2) is 10.1 Å². The van der Waals surface area contributed by atoms with Crippen molar-refractivity contribution in [3.05, 3.63) is 95.7 Å². The predicted molar refractivity (Wildman–Crippen MR) is 121 cm³/mol. The summed E-state index contributed by atoms with van der Waals surface area (Å²) in [6.45, 7) is 2.25. The zero-order valence-electron chi connectivity index (χ0n) is 17.4. The lowest BCUT2D eigenvalue weighted by Gasteiger charge is -2.07. The molecule has 0 saturated carbocycles. The number of para-hydroxylation sites is 1. The molecule has 1 aliphatic heterocycles. The smallest absolute Gasteiger partial charge is 0.291 e. The number of hydrogen-bond donors (Lipinski definition) is 1.